The number of carboxylic acid groups (broad SMARTS) is 1. The monoisotopic (exact) mass is 353 g/mol. The third-order valence-electron chi connectivity index (χ3n) is 3.53. The van der Waals surface area contributed by atoms with Crippen molar-refractivity contribution in [2.24, 2.45) is 0 Å². The molecule has 0 saturated carbocycles. The molecule has 0 radical (unpaired) electrons. The molecule has 1 aromatic carbocycles. The number of aromatic carboxylic acids is 1. The number of amides is 1. The first-order chi connectivity index (χ1) is 12.5. The van der Waals surface area contributed by atoms with Crippen molar-refractivity contribution in [2.45, 2.75) is 0 Å². The number of carbonyl (C=O) groups excluding carboxylic acids is 1. The van der Waals surface area contributed by atoms with Crippen LogP contribution in [-0.2, 0) is 0 Å². The van der Waals surface area contributed by atoms with Gasteiger partial charge in [0.05, 0.1) is 11.3 Å². The van der Waals surface area contributed by atoms with Gasteiger partial charge in [-0.05, 0) is 36.4 Å². The molecule has 26 heavy (non-hydrogen) atoms. The number of nitrogens with one attached hydrogen (secondary N) is 1. The van der Waals surface area contributed by atoms with Crippen molar-refractivity contribution in [3.05, 3.63) is 88.2 Å². The summed E-state index contributed by atoms with van der Waals surface area (Å²) >= 11 is 0. The highest BCUT2D eigenvalue weighted by Gasteiger charge is 2.15. The Morgan fingerprint density at radius 1 is 1.12 bits per heavy atom. The molecule has 130 valence electrons. The van der Waals surface area contributed by atoms with Crippen molar-refractivity contribution >= 4 is 17.7 Å². The number of carbonyl (C=O) groups is 2. The van der Waals surface area contributed by atoms with Crippen molar-refractivity contribution < 1.29 is 19.1 Å². The smallest absolute Gasteiger partial charge is 0.339 e. The lowest BCUT2D eigenvalue weighted by Gasteiger charge is -2.10. The Balaban J connectivity index is 1.96. The summed E-state index contributed by atoms with van der Waals surface area (Å²) in [5.74, 6) is -2.54. The zero-order valence-corrected chi connectivity index (χ0v) is 13.2. The van der Waals surface area contributed by atoms with Crippen LogP contribution in [0.25, 0.3) is 5.69 Å². The molecule has 0 aliphatic rings. The largest absolute Gasteiger partial charge is 0.478 e. The number of pyridine rings is 2. The first-order valence-corrected chi connectivity index (χ1v) is 7.44. The lowest BCUT2D eigenvalue weighted by molar-refractivity contribution is 0.0697. The maximum Gasteiger partial charge on any atom is 0.339 e. The van der Waals surface area contributed by atoms with Crippen LogP contribution in [0.4, 0.5) is 10.2 Å². The fraction of sp³-hybridized carbons (Fsp3) is 0. The van der Waals surface area contributed by atoms with Gasteiger partial charge in [-0.1, -0.05) is 6.07 Å². The lowest BCUT2D eigenvalue weighted by Crippen LogP contribution is -2.22. The van der Waals surface area contributed by atoms with Gasteiger partial charge in [-0.2, -0.15) is 0 Å². The van der Waals surface area contributed by atoms with Gasteiger partial charge in [0.15, 0.2) is 0 Å². The molecule has 2 aromatic heterocycles. The van der Waals surface area contributed by atoms with Crippen LogP contribution in [0.2, 0.25) is 0 Å². The molecule has 0 spiro atoms. The van der Waals surface area contributed by atoms with Gasteiger partial charge < -0.3 is 10.4 Å². The van der Waals surface area contributed by atoms with Gasteiger partial charge in [0.1, 0.15) is 17.2 Å². The summed E-state index contributed by atoms with van der Waals surface area (Å²) in [4.78, 5) is 39.5. The summed E-state index contributed by atoms with van der Waals surface area (Å²) in [5.41, 5.74) is -0.278. The number of hydrogen-bond acceptors (Lipinski definition) is 4. The summed E-state index contributed by atoms with van der Waals surface area (Å²) in [6.07, 6.45) is 2.59. The minimum Gasteiger partial charge on any atom is -0.478 e. The topological polar surface area (TPSA) is 101 Å². The van der Waals surface area contributed by atoms with E-state index < -0.39 is 23.3 Å². The molecule has 2 heterocycles. The van der Waals surface area contributed by atoms with E-state index in [9.17, 15) is 18.8 Å². The van der Waals surface area contributed by atoms with Crippen molar-refractivity contribution in [2.75, 3.05) is 5.32 Å². The van der Waals surface area contributed by atoms with Crippen molar-refractivity contribution in [3.63, 3.8) is 0 Å². The summed E-state index contributed by atoms with van der Waals surface area (Å²) in [6.45, 7) is 0. The number of nitrogens with zero attached hydrogens (tertiary/aromatic N) is 2. The maximum absolute atomic E-state index is 13.4. The number of hydrogen-bond donors (Lipinski definition) is 2. The normalized spacial score (nSPS) is 10.3. The Kier molecular flexibility index (Phi) is 4.57. The van der Waals surface area contributed by atoms with Gasteiger partial charge in [-0.3, -0.25) is 14.2 Å². The molecule has 3 aromatic rings. The Hall–Kier alpha value is -3.81. The highest BCUT2D eigenvalue weighted by Crippen LogP contribution is 2.14. The molecule has 7 nitrogen and oxygen atoms in total. The number of halogens is 1. The van der Waals surface area contributed by atoms with Crippen LogP contribution in [0.5, 0.6) is 0 Å². The summed E-state index contributed by atoms with van der Waals surface area (Å²) < 4.78 is 14.5. The highest BCUT2D eigenvalue weighted by molar-refractivity contribution is 6.06. The van der Waals surface area contributed by atoms with Crippen LogP contribution in [0.1, 0.15) is 20.7 Å². The first-order valence-electron chi connectivity index (χ1n) is 7.44. The molecular weight excluding hydrogens is 341 g/mol. The summed E-state index contributed by atoms with van der Waals surface area (Å²) in [5, 5.41) is 11.5. The van der Waals surface area contributed by atoms with E-state index in [0.717, 1.165) is 16.7 Å². The minimum atomic E-state index is -1.24. The van der Waals surface area contributed by atoms with Gasteiger partial charge in [-0.25, -0.2) is 14.2 Å². The third-order valence-corrected chi connectivity index (χ3v) is 3.53. The average molecular weight is 353 g/mol. The number of rotatable bonds is 4. The number of aromatic nitrogens is 2. The summed E-state index contributed by atoms with van der Waals surface area (Å²) in [6, 6.07) is 10.5. The van der Waals surface area contributed by atoms with E-state index in [-0.39, 0.29) is 22.6 Å². The van der Waals surface area contributed by atoms with Crippen molar-refractivity contribution in [1.29, 1.82) is 0 Å². The standard InChI is InChI=1S/C18H12FN3O4/c19-12-3-1-4-13(9-12)22-10-11(6-7-15(22)23)17(24)21-16-14(18(25)26)5-2-8-20-16/h1-10H,(H,25,26)(H,20,21,24). The van der Waals surface area contributed by atoms with Gasteiger partial charge in [0, 0.05) is 18.5 Å². The van der Waals surface area contributed by atoms with E-state index in [1.165, 1.54) is 48.8 Å². The lowest BCUT2D eigenvalue weighted by atomic mass is 10.2. The Morgan fingerprint density at radius 3 is 2.65 bits per heavy atom. The number of carboxylic acids is 1. The molecule has 0 fully saturated rings. The second kappa shape index (κ2) is 6.98. The van der Waals surface area contributed by atoms with Gasteiger partial charge in [-0.15, -0.1) is 0 Å². The first kappa shape index (κ1) is 17.0. The molecule has 0 aliphatic heterocycles. The molecule has 0 saturated heterocycles. The molecule has 0 unspecified atom stereocenters. The van der Waals surface area contributed by atoms with Crippen LogP contribution < -0.4 is 10.9 Å². The highest BCUT2D eigenvalue weighted by atomic mass is 19.1. The fourth-order valence-electron chi connectivity index (χ4n) is 2.31. The van der Waals surface area contributed by atoms with Crippen LogP contribution in [0, 0.1) is 5.82 Å². The minimum absolute atomic E-state index is 0.0795. The molecule has 1 amide bonds. The predicted molar refractivity (Wildman–Crippen MR) is 91.1 cm³/mol. The van der Waals surface area contributed by atoms with Gasteiger partial charge in [0.25, 0.3) is 11.5 Å². The molecule has 0 bridgehead atoms. The fourth-order valence-corrected chi connectivity index (χ4v) is 2.31. The van der Waals surface area contributed by atoms with Crippen LogP contribution in [-0.4, -0.2) is 26.5 Å². The van der Waals surface area contributed by atoms with E-state index in [0.29, 0.717) is 0 Å². The number of anilines is 1. The SMILES string of the molecule is O=C(Nc1ncccc1C(=O)O)c1ccc(=O)n(-c2cccc(F)c2)c1. The predicted octanol–water partition coefficient (Wildman–Crippen LogP) is 2.32. The Morgan fingerprint density at radius 2 is 1.92 bits per heavy atom. The Labute approximate surface area is 146 Å². The van der Waals surface area contributed by atoms with E-state index in [1.807, 2.05) is 0 Å². The second-order valence-corrected chi connectivity index (χ2v) is 5.26. The molecule has 2 N–H and O–H groups in total. The van der Waals surface area contributed by atoms with Gasteiger partial charge in [0.2, 0.25) is 0 Å². The quantitative estimate of drug-likeness (QED) is 0.750. The zero-order chi connectivity index (χ0) is 18.7. The maximum atomic E-state index is 13.4. The van der Waals surface area contributed by atoms with E-state index in [1.54, 1.807) is 0 Å². The Bertz CT molecular complexity index is 1060. The van der Waals surface area contributed by atoms with Gasteiger partial charge >= 0.3 is 5.97 Å². The molecule has 3 rings (SSSR count). The van der Waals surface area contributed by atoms with E-state index in [4.69, 9.17) is 5.11 Å². The third kappa shape index (κ3) is 3.48. The van der Waals surface area contributed by atoms with Crippen LogP contribution >= 0.6 is 0 Å². The molecule has 0 aliphatic carbocycles. The number of benzene rings is 1. The van der Waals surface area contributed by atoms with E-state index >= 15 is 0 Å². The summed E-state index contributed by atoms with van der Waals surface area (Å²) in [7, 11) is 0. The van der Waals surface area contributed by atoms with E-state index in [2.05, 4.69) is 10.3 Å². The molecule has 0 atom stereocenters. The van der Waals surface area contributed by atoms with Crippen LogP contribution in [0.3, 0.4) is 0 Å². The zero-order valence-electron chi connectivity index (χ0n) is 13.2. The average Bonchev–Trinajstić information content (AvgIpc) is 2.62. The molecular formula is C18H12FN3O4. The second-order valence-electron chi connectivity index (χ2n) is 5.26. The van der Waals surface area contributed by atoms with Crippen molar-refractivity contribution in [1.82, 2.24) is 9.55 Å². The van der Waals surface area contributed by atoms with Crippen molar-refractivity contribution in [3.8, 4) is 5.69 Å². The molecule has 8 heteroatoms. The van der Waals surface area contributed by atoms with Crippen LogP contribution in [0.15, 0.2) is 65.7 Å².